The van der Waals surface area contributed by atoms with E-state index < -0.39 is 4.92 Å². The van der Waals surface area contributed by atoms with E-state index in [1.807, 2.05) is 37.2 Å². The summed E-state index contributed by atoms with van der Waals surface area (Å²) in [6.07, 6.45) is 0. The van der Waals surface area contributed by atoms with E-state index in [4.69, 9.17) is 4.74 Å². The van der Waals surface area contributed by atoms with Crippen molar-refractivity contribution in [3.05, 3.63) is 45.3 Å². The van der Waals surface area contributed by atoms with Crippen molar-refractivity contribution in [2.75, 3.05) is 39.2 Å². The number of halogens is 1. The number of para-hydroxylation sites is 1. The van der Waals surface area contributed by atoms with Gasteiger partial charge in [-0.3, -0.25) is 19.8 Å². The Labute approximate surface area is 175 Å². The molecule has 3 aromatic rings. The summed E-state index contributed by atoms with van der Waals surface area (Å²) in [5, 5.41) is 11.4. The van der Waals surface area contributed by atoms with Crippen LogP contribution in [-0.2, 0) is 0 Å². The van der Waals surface area contributed by atoms with E-state index in [1.54, 1.807) is 12.0 Å². The van der Waals surface area contributed by atoms with Crippen molar-refractivity contribution in [2.24, 2.45) is 0 Å². The van der Waals surface area contributed by atoms with Gasteiger partial charge in [-0.2, -0.15) is 0 Å². The number of likely N-dealkylation sites (N-methyl/N-ethyl adjacent to an activating group) is 1. The maximum atomic E-state index is 13.1. The molecule has 28 heavy (non-hydrogen) atoms. The molecule has 11 heteroatoms. The molecule has 3 rings (SSSR count). The van der Waals surface area contributed by atoms with Gasteiger partial charge in [0.15, 0.2) is 5.13 Å². The zero-order valence-electron chi connectivity index (χ0n) is 15.4. The van der Waals surface area contributed by atoms with Crippen LogP contribution in [0, 0.1) is 10.1 Å². The van der Waals surface area contributed by atoms with E-state index in [0.717, 1.165) is 16.0 Å². The predicted octanol–water partition coefficient (Wildman–Crippen LogP) is 3.90. The number of methoxy groups -OCH3 is 1. The molecule has 2 heterocycles. The first kappa shape index (κ1) is 22.0. The van der Waals surface area contributed by atoms with Crippen molar-refractivity contribution in [2.45, 2.75) is 0 Å². The Balaban J connectivity index is 0.00000280. The number of carbonyl (C=O) groups excluding carboxylic acids is 1. The molecule has 2 aromatic heterocycles. The predicted molar refractivity (Wildman–Crippen MR) is 115 cm³/mol. The number of nitrogens with zero attached hydrogens (tertiary/aromatic N) is 4. The van der Waals surface area contributed by atoms with Crippen LogP contribution in [0.3, 0.4) is 0 Å². The first-order chi connectivity index (χ1) is 12.9. The summed E-state index contributed by atoms with van der Waals surface area (Å²) in [5.74, 6) is 0.342. The number of anilines is 1. The van der Waals surface area contributed by atoms with Crippen LogP contribution >= 0.6 is 35.1 Å². The highest BCUT2D eigenvalue weighted by molar-refractivity contribution is 7.22. The average molecular weight is 443 g/mol. The standard InChI is InChI=1S/C17H18N4O4S2.ClH/c1-19(2)9-10-20(16(22)13-7-8-14(26-13)21(23)24)17-18-15-11(25-3)5-4-6-12(15)27-17;/h4-8H,9-10H2,1-3H3;1H. The Morgan fingerprint density at radius 2 is 1.96 bits per heavy atom. The number of thiophene rings is 1. The Hall–Kier alpha value is -2.27. The van der Waals surface area contributed by atoms with E-state index >= 15 is 0 Å². The third-order valence-electron chi connectivity index (χ3n) is 3.82. The molecule has 8 nitrogen and oxygen atoms in total. The fourth-order valence-electron chi connectivity index (χ4n) is 2.45. The van der Waals surface area contributed by atoms with Crippen LogP contribution < -0.4 is 9.64 Å². The second kappa shape index (κ2) is 9.28. The van der Waals surface area contributed by atoms with Crippen LogP contribution in [0.4, 0.5) is 10.1 Å². The van der Waals surface area contributed by atoms with Crippen molar-refractivity contribution in [1.82, 2.24) is 9.88 Å². The molecule has 0 bridgehead atoms. The van der Waals surface area contributed by atoms with Crippen molar-refractivity contribution in [1.29, 1.82) is 0 Å². The first-order valence-electron chi connectivity index (χ1n) is 8.05. The molecule has 0 spiro atoms. The molecule has 0 aliphatic rings. The molecular formula is C17H19ClN4O4S2. The second-order valence-electron chi connectivity index (χ2n) is 5.96. The van der Waals surface area contributed by atoms with Crippen molar-refractivity contribution in [3.8, 4) is 5.75 Å². The fraction of sp³-hybridized carbons (Fsp3) is 0.294. The number of aromatic nitrogens is 1. The largest absolute Gasteiger partial charge is 0.494 e. The zero-order valence-corrected chi connectivity index (χ0v) is 17.9. The number of benzene rings is 1. The third kappa shape index (κ3) is 4.58. The summed E-state index contributed by atoms with van der Waals surface area (Å²) in [4.78, 5) is 31.9. The van der Waals surface area contributed by atoms with Gasteiger partial charge < -0.3 is 9.64 Å². The van der Waals surface area contributed by atoms with E-state index in [2.05, 4.69) is 4.98 Å². The Morgan fingerprint density at radius 1 is 1.21 bits per heavy atom. The van der Waals surface area contributed by atoms with Gasteiger partial charge in [-0.25, -0.2) is 4.98 Å². The van der Waals surface area contributed by atoms with Gasteiger partial charge in [-0.15, -0.1) is 12.4 Å². The molecule has 0 aliphatic carbocycles. The number of thiazole rings is 1. The lowest BCUT2D eigenvalue weighted by atomic mass is 10.3. The number of rotatable bonds is 7. The summed E-state index contributed by atoms with van der Waals surface area (Å²) < 4.78 is 6.26. The lowest BCUT2D eigenvalue weighted by Crippen LogP contribution is -2.36. The van der Waals surface area contributed by atoms with E-state index in [1.165, 1.54) is 23.5 Å². The summed E-state index contributed by atoms with van der Waals surface area (Å²) >= 11 is 2.26. The highest BCUT2D eigenvalue weighted by atomic mass is 35.5. The quantitative estimate of drug-likeness (QED) is 0.407. The van der Waals surface area contributed by atoms with Gasteiger partial charge in [0, 0.05) is 19.2 Å². The fourth-order valence-corrected chi connectivity index (χ4v) is 4.23. The van der Waals surface area contributed by atoms with Crippen LogP contribution in [0.2, 0.25) is 0 Å². The van der Waals surface area contributed by atoms with Crippen LogP contribution in [-0.4, -0.2) is 55.0 Å². The Bertz CT molecular complexity index is 989. The number of amides is 1. The van der Waals surface area contributed by atoms with Crippen LogP contribution in [0.25, 0.3) is 10.2 Å². The zero-order chi connectivity index (χ0) is 19.6. The molecule has 0 unspecified atom stereocenters. The van der Waals surface area contributed by atoms with Gasteiger partial charge in [-0.1, -0.05) is 28.7 Å². The third-order valence-corrected chi connectivity index (χ3v) is 5.89. The molecule has 1 amide bonds. The lowest BCUT2D eigenvalue weighted by Gasteiger charge is -2.21. The molecule has 0 radical (unpaired) electrons. The molecule has 150 valence electrons. The molecule has 0 saturated heterocycles. The van der Waals surface area contributed by atoms with Gasteiger partial charge in [0.25, 0.3) is 5.91 Å². The van der Waals surface area contributed by atoms with Crippen LogP contribution in [0.15, 0.2) is 30.3 Å². The van der Waals surface area contributed by atoms with Gasteiger partial charge in [0.1, 0.15) is 11.3 Å². The summed E-state index contributed by atoms with van der Waals surface area (Å²) in [6, 6.07) is 8.45. The Morgan fingerprint density at radius 3 is 2.57 bits per heavy atom. The number of hydrogen-bond donors (Lipinski definition) is 0. The summed E-state index contributed by atoms with van der Waals surface area (Å²) in [6.45, 7) is 1.05. The second-order valence-corrected chi connectivity index (χ2v) is 8.03. The van der Waals surface area contributed by atoms with Crippen molar-refractivity contribution >= 4 is 61.3 Å². The maximum Gasteiger partial charge on any atom is 0.324 e. The minimum absolute atomic E-state index is 0. The monoisotopic (exact) mass is 442 g/mol. The van der Waals surface area contributed by atoms with Crippen molar-refractivity contribution in [3.63, 3.8) is 0 Å². The topological polar surface area (TPSA) is 88.8 Å². The van der Waals surface area contributed by atoms with E-state index in [9.17, 15) is 14.9 Å². The summed E-state index contributed by atoms with van der Waals surface area (Å²) in [7, 11) is 5.41. The maximum absolute atomic E-state index is 13.1. The average Bonchev–Trinajstić information content (AvgIpc) is 3.28. The minimum Gasteiger partial charge on any atom is -0.494 e. The number of hydrogen-bond acceptors (Lipinski definition) is 8. The molecule has 0 fully saturated rings. The van der Waals surface area contributed by atoms with E-state index in [-0.39, 0.29) is 23.3 Å². The van der Waals surface area contributed by atoms with E-state index in [0.29, 0.717) is 34.4 Å². The van der Waals surface area contributed by atoms with Crippen LogP contribution in [0.1, 0.15) is 9.67 Å². The van der Waals surface area contributed by atoms with Crippen molar-refractivity contribution < 1.29 is 14.5 Å². The smallest absolute Gasteiger partial charge is 0.324 e. The SMILES string of the molecule is COc1cccc2sc(N(CCN(C)C)C(=O)c3ccc([N+](=O)[O-])s3)nc12.Cl. The lowest BCUT2D eigenvalue weighted by molar-refractivity contribution is -0.380. The highest BCUT2D eigenvalue weighted by Gasteiger charge is 2.25. The number of nitro groups is 1. The van der Waals surface area contributed by atoms with Gasteiger partial charge in [0.05, 0.1) is 21.6 Å². The molecule has 0 atom stereocenters. The first-order valence-corrected chi connectivity index (χ1v) is 9.68. The van der Waals surface area contributed by atoms with Crippen LogP contribution in [0.5, 0.6) is 5.75 Å². The molecule has 0 N–H and O–H groups in total. The highest BCUT2D eigenvalue weighted by Crippen LogP contribution is 2.35. The number of carbonyl (C=O) groups is 1. The molecule has 0 aliphatic heterocycles. The Kier molecular flexibility index (Phi) is 7.30. The number of fused-ring (bicyclic) bond motifs is 1. The molecule has 0 saturated carbocycles. The van der Waals surface area contributed by atoms with Gasteiger partial charge >= 0.3 is 5.00 Å². The minimum atomic E-state index is -0.492. The molecular weight excluding hydrogens is 424 g/mol. The van der Waals surface area contributed by atoms with Gasteiger partial charge in [0.2, 0.25) is 0 Å². The number of ether oxygens (including phenoxy) is 1. The normalized spacial score (nSPS) is 10.7. The summed E-state index contributed by atoms with van der Waals surface area (Å²) in [5.41, 5.74) is 0.694. The molecule has 1 aromatic carbocycles. The van der Waals surface area contributed by atoms with Gasteiger partial charge in [-0.05, 0) is 32.3 Å².